The maximum absolute atomic E-state index is 12.1. The number of nitro groups is 2. The molecule has 1 N–H and O–H groups in total. The van der Waals surface area contributed by atoms with E-state index in [0.29, 0.717) is 11.4 Å². The fourth-order valence-electron chi connectivity index (χ4n) is 2.24. The van der Waals surface area contributed by atoms with Crippen LogP contribution in [0.15, 0.2) is 75.5 Å². The number of non-ortho nitro benzene ring substituents is 2. The predicted octanol–water partition coefficient (Wildman–Crippen LogP) is 4.20. The van der Waals surface area contributed by atoms with Crippen molar-refractivity contribution < 1.29 is 28.7 Å². The van der Waals surface area contributed by atoms with E-state index in [-0.39, 0.29) is 11.3 Å². The van der Waals surface area contributed by atoms with Crippen molar-refractivity contribution in [1.82, 2.24) is 0 Å². The number of hydrogen-bond donors (Lipinski definition) is 1. The fraction of sp³-hybridized carbons (Fsp3) is 0. The topological polar surface area (TPSA) is 180 Å². The zero-order valence-corrected chi connectivity index (χ0v) is 15.3. The van der Waals surface area contributed by atoms with Gasteiger partial charge in [-0.1, -0.05) is 0 Å². The van der Waals surface area contributed by atoms with Crippen molar-refractivity contribution in [3.63, 3.8) is 0 Å². The molecule has 0 bridgehead atoms. The van der Waals surface area contributed by atoms with Crippen LogP contribution in [0.3, 0.4) is 0 Å². The lowest BCUT2D eigenvalue weighted by Crippen LogP contribution is -2.11. The average Bonchev–Trinajstić information content (AvgIpc) is 3.31. The van der Waals surface area contributed by atoms with Crippen molar-refractivity contribution in [2.75, 3.05) is 5.48 Å². The second-order valence-electron chi connectivity index (χ2n) is 5.77. The lowest BCUT2D eigenvalue weighted by atomic mass is 10.2. The van der Waals surface area contributed by atoms with Crippen molar-refractivity contribution in [2.45, 2.75) is 0 Å². The normalized spacial score (nSPS) is 10.6. The summed E-state index contributed by atoms with van der Waals surface area (Å²) in [6, 6.07) is 11.3. The lowest BCUT2D eigenvalue weighted by Gasteiger charge is -2.07. The number of azo groups is 1. The van der Waals surface area contributed by atoms with Crippen molar-refractivity contribution in [3.05, 3.63) is 92.4 Å². The van der Waals surface area contributed by atoms with Crippen LogP contribution in [0.1, 0.15) is 20.9 Å². The zero-order valence-electron chi connectivity index (χ0n) is 15.3. The van der Waals surface area contributed by atoms with Gasteiger partial charge in [0, 0.05) is 12.1 Å². The minimum absolute atomic E-state index is 0.0373. The molecule has 0 atom stereocenters. The number of carbonyl (C=O) groups is 2. The van der Waals surface area contributed by atoms with Crippen LogP contribution >= 0.6 is 0 Å². The summed E-state index contributed by atoms with van der Waals surface area (Å²) in [4.78, 5) is 48.7. The van der Waals surface area contributed by atoms with Gasteiger partial charge in [0.05, 0.1) is 39.1 Å². The van der Waals surface area contributed by atoms with Gasteiger partial charge in [-0.15, -0.1) is 10.2 Å². The molecular formula is C18H11N5O8. The molecule has 0 unspecified atom stereocenters. The number of benzene rings is 2. The number of nitro benzene ring substituents is 2. The summed E-state index contributed by atoms with van der Waals surface area (Å²) >= 11 is 0. The Morgan fingerprint density at radius 1 is 0.968 bits per heavy atom. The van der Waals surface area contributed by atoms with Crippen LogP contribution < -0.4 is 5.48 Å². The molecule has 0 fully saturated rings. The van der Waals surface area contributed by atoms with E-state index in [2.05, 4.69) is 15.7 Å². The van der Waals surface area contributed by atoms with E-state index < -0.39 is 33.1 Å². The third-order valence-corrected chi connectivity index (χ3v) is 3.68. The zero-order chi connectivity index (χ0) is 22.4. The van der Waals surface area contributed by atoms with E-state index in [9.17, 15) is 29.8 Å². The van der Waals surface area contributed by atoms with Crippen LogP contribution in [-0.2, 0) is 4.84 Å². The van der Waals surface area contributed by atoms with Crippen LogP contribution in [0.5, 0.6) is 0 Å². The molecular weight excluding hydrogens is 414 g/mol. The molecule has 0 saturated heterocycles. The molecule has 0 radical (unpaired) electrons. The van der Waals surface area contributed by atoms with Crippen molar-refractivity contribution in [2.24, 2.45) is 10.2 Å². The van der Waals surface area contributed by atoms with E-state index in [4.69, 9.17) is 9.25 Å². The summed E-state index contributed by atoms with van der Waals surface area (Å²) in [6.07, 6.45) is 1.33. The van der Waals surface area contributed by atoms with E-state index in [0.717, 1.165) is 18.2 Å². The summed E-state index contributed by atoms with van der Waals surface area (Å²) < 4.78 is 4.90. The average molecular weight is 425 g/mol. The summed E-state index contributed by atoms with van der Waals surface area (Å²) in [5.74, 6) is -1.69. The number of carbonyl (C=O) groups excluding carboxylic acids is 2. The van der Waals surface area contributed by atoms with E-state index in [1.807, 2.05) is 0 Å². The predicted molar refractivity (Wildman–Crippen MR) is 103 cm³/mol. The largest absolute Gasteiger partial charge is 0.459 e. The number of anilines is 1. The number of furan rings is 1. The molecule has 1 aromatic heterocycles. The van der Waals surface area contributed by atoms with E-state index in [1.54, 1.807) is 0 Å². The Balaban J connectivity index is 1.63. The van der Waals surface area contributed by atoms with Crippen LogP contribution in [0.4, 0.5) is 22.7 Å². The summed E-state index contributed by atoms with van der Waals surface area (Å²) in [5, 5.41) is 29.0. The van der Waals surface area contributed by atoms with Gasteiger partial charge in [0.15, 0.2) is 5.76 Å². The molecule has 2 aromatic carbocycles. The molecule has 13 heteroatoms. The molecule has 3 aromatic rings. The Labute approximate surface area is 172 Å². The smallest absolute Gasteiger partial charge is 0.363 e. The second kappa shape index (κ2) is 9.04. The van der Waals surface area contributed by atoms with E-state index in [1.165, 1.54) is 42.7 Å². The molecule has 1 amide bonds. The first-order valence-corrected chi connectivity index (χ1v) is 8.34. The molecule has 0 aliphatic carbocycles. The standard InChI is InChI=1S/C18H11N5O8/c24-17(16-2-1-7-30-16)20-19-12-3-5-13(6-4-12)21-31-18(25)11-8-14(22(26)27)10-15(9-11)23(28)29/h1-10,21H. The third kappa shape index (κ3) is 5.32. The Morgan fingerprint density at radius 2 is 1.61 bits per heavy atom. The second-order valence-corrected chi connectivity index (χ2v) is 5.77. The van der Waals surface area contributed by atoms with Crippen LogP contribution in [0.2, 0.25) is 0 Å². The Hall–Kier alpha value is -4.94. The van der Waals surface area contributed by atoms with Gasteiger partial charge >= 0.3 is 11.9 Å². The third-order valence-electron chi connectivity index (χ3n) is 3.68. The van der Waals surface area contributed by atoms with Gasteiger partial charge in [-0.25, -0.2) is 10.3 Å². The van der Waals surface area contributed by atoms with E-state index >= 15 is 0 Å². The van der Waals surface area contributed by atoms with Crippen LogP contribution in [-0.4, -0.2) is 21.7 Å². The van der Waals surface area contributed by atoms with Crippen molar-refractivity contribution in [3.8, 4) is 0 Å². The monoisotopic (exact) mass is 425 g/mol. The van der Waals surface area contributed by atoms with Gasteiger partial charge in [-0.05, 0) is 36.4 Å². The quantitative estimate of drug-likeness (QED) is 0.329. The summed E-state index contributed by atoms with van der Waals surface area (Å²) in [7, 11) is 0. The minimum Gasteiger partial charge on any atom is -0.459 e. The highest BCUT2D eigenvalue weighted by Crippen LogP contribution is 2.23. The molecule has 156 valence electrons. The molecule has 0 spiro atoms. The highest BCUT2D eigenvalue weighted by atomic mass is 16.7. The molecule has 1 heterocycles. The van der Waals surface area contributed by atoms with Gasteiger partial charge in [-0.3, -0.25) is 25.0 Å². The molecule has 0 saturated carbocycles. The summed E-state index contributed by atoms with van der Waals surface area (Å²) in [6.45, 7) is 0. The SMILES string of the molecule is O=C(ONc1ccc(N=NC(=O)c2ccco2)cc1)c1cc([N+](=O)[O-])cc([N+](=O)[O-])c1. The number of nitrogens with one attached hydrogen (secondary N) is 1. The first-order valence-electron chi connectivity index (χ1n) is 8.34. The highest BCUT2D eigenvalue weighted by molar-refractivity contribution is 5.92. The van der Waals surface area contributed by atoms with Gasteiger partial charge in [-0.2, -0.15) is 0 Å². The molecule has 31 heavy (non-hydrogen) atoms. The molecule has 0 aliphatic rings. The highest BCUT2D eigenvalue weighted by Gasteiger charge is 2.21. The van der Waals surface area contributed by atoms with Gasteiger partial charge in [0.2, 0.25) is 0 Å². The van der Waals surface area contributed by atoms with Crippen molar-refractivity contribution >= 4 is 34.6 Å². The minimum atomic E-state index is -1.07. The Bertz CT molecular complexity index is 1140. The maximum Gasteiger partial charge on any atom is 0.363 e. The first kappa shape index (κ1) is 20.8. The number of nitrogens with zero attached hydrogens (tertiary/aromatic N) is 4. The van der Waals surface area contributed by atoms with Crippen LogP contribution in [0, 0.1) is 20.2 Å². The number of rotatable bonds is 7. The Kier molecular flexibility index (Phi) is 6.06. The lowest BCUT2D eigenvalue weighted by molar-refractivity contribution is -0.394. The number of hydrogen-bond acceptors (Lipinski definition) is 10. The Morgan fingerprint density at radius 3 is 2.16 bits per heavy atom. The molecule has 13 nitrogen and oxygen atoms in total. The maximum atomic E-state index is 12.1. The number of amides is 1. The molecule has 3 rings (SSSR count). The first-order chi connectivity index (χ1) is 14.8. The van der Waals surface area contributed by atoms with Gasteiger partial charge < -0.3 is 9.25 Å². The van der Waals surface area contributed by atoms with Gasteiger partial charge in [0.25, 0.3) is 11.4 Å². The van der Waals surface area contributed by atoms with Crippen LogP contribution in [0.25, 0.3) is 0 Å². The van der Waals surface area contributed by atoms with Gasteiger partial charge in [0.1, 0.15) is 0 Å². The van der Waals surface area contributed by atoms with Crippen molar-refractivity contribution in [1.29, 1.82) is 0 Å². The molecule has 0 aliphatic heterocycles. The fourth-order valence-corrected chi connectivity index (χ4v) is 2.24. The summed E-state index contributed by atoms with van der Waals surface area (Å²) in [5.41, 5.74) is 1.30.